The van der Waals surface area contributed by atoms with Gasteiger partial charge in [-0.05, 0) is 55.8 Å². The average Bonchev–Trinajstić information content (AvgIpc) is 2.69. The number of amides is 1. The van der Waals surface area contributed by atoms with Crippen molar-refractivity contribution >= 4 is 28.9 Å². The SMILES string of the molecule is CC(C)Oc1ccccc1NC(=O)c1ccc(NCc2ccc(Cl)cc2)cn1. The summed E-state index contributed by atoms with van der Waals surface area (Å²) < 4.78 is 5.73. The maximum atomic E-state index is 12.5. The van der Waals surface area contributed by atoms with Crippen LogP contribution in [0.25, 0.3) is 0 Å². The molecular weight excluding hydrogens is 374 g/mol. The van der Waals surface area contributed by atoms with Gasteiger partial charge in [-0.3, -0.25) is 4.79 Å². The molecule has 144 valence electrons. The molecule has 1 amide bonds. The van der Waals surface area contributed by atoms with E-state index in [1.54, 1.807) is 18.3 Å². The van der Waals surface area contributed by atoms with Crippen LogP contribution in [0.2, 0.25) is 5.02 Å². The Balaban J connectivity index is 1.61. The van der Waals surface area contributed by atoms with E-state index >= 15 is 0 Å². The number of benzene rings is 2. The number of rotatable bonds is 7. The van der Waals surface area contributed by atoms with Gasteiger partial charge in [0, 0.05) is 11.6 Å². The molecule has 0 aliphatic rings. The summed E-state index contributed by atoms with van der Waals surface area (Å²) >= 11 is 5.89. The molecule has 0 saturated carbocycles. The number of nitrogens with zero attached hydrogens (tertiary/aromatic N) is 1. The van der Waals surface area contributed by atoms with Crippen molar-refractivity contribution < 1.29 is 9.53 Å². The number of hydrogen-bond donors (Lipinski definition) is 2. The zero-order valence-electron chi connectivity index (χ0n) is 15.8. The van der Waals surface area contributed by atoms with Crippen LogP contribution in [0, 0.1) is 0 Å². The highest BCUT2D eigenvalue weighted by Crippen LogP contribution is 2.25. The lowest BCUT2D eigenvalue weighted by molar-refractivity contribution is 0.102. The highest BCUT2D eigenvalue weighted by Gasteiger charge is 2.11. The van der Waals surface area contributed by atoms with Crippen LogP contribution in [0.1, 0.15) is 29.9 Å². The molecule has 0 atom stereocenters. The fraction of sp³-hybridized carbons (Fsp3) is 0.182. The Bertz CT molecular complexity index is 925. The number of pyridine rings is 1. The molecule has 0 aliphatic heterocycles. The van der Waals surface area contributed by atoms with E-state index in [0.717, 1.165) is 11.3 Å². The molecule has 0 saturated heterocycles. The molecule has 0 radical (unpaired) electrons. The first-order valence-electron chi connectivity index (χ1n) is 9.02. The van der Waals surface area contributed by atoms with Gasteiger partial charge in [0.25, 0.3) is 5.91 Å². The summed E-state index contributed by atoms with van der Waals surface area (Å²) in [7, 11) is 0. The highest BCUT2D eigenvalue weighted by atomic mass is 35.5. The van der Waals surface area contributed by atoms with E-state index in [1.807, 2.05) is 62.4 Å². The van der Waals surface area contributed by atoms with Gasteiger partial charge in [-0.2, -0.15) is 0 Å². The van der Waals surface area contributed by atoms with E-state index in [2.05, 4.69) is 15.6 Å². The van der Waals surface area contributed by atoms with Crippen molar-refractivity contribution in [3.05, 3.63) is 83.1 Å². The minimum absolute atomic E-state index is 0.0159. The minimum Gasteiger partial charge on any atom is -0.489 e. The third kappa shape index (κ3) is 5.47. The Morgan fingerprint density at radius 1 is 1.07 bits per heavy atom. The first-order valence-corrected chi connectivity index (χ1v) is 9.40. The lowest BCUT2D eigenvalue weighted by atomic mass is 10.2. The molecule has 0 spiro atoms. The molecule has 5 nitrogen and oxygen atoms in total. The number of nitrogens with one attached hydrogen (secondary N) is 2. The summed E-state index contributed by atoms with van der Waals surface area (Å²) in [4.78, 5) is 16.8. The Kier molecular flexibility index (Phi) is 6.50. The molecule has 0 fully saturated rings. The van der Waals surface area contributed by atoms with Gasteiger partial charge in [0.05, 0.1) is 23.7 Å². The van der Waals surface area contributed by atoms with Crippen LogP contribution in [0.3, 0.4) is 0 Å². The molecule has 1 aromatic heterocycles. The van der Waals surface area contributed by atoms with Crippen molar-refractivity contribution in [2.24, 2.45) is 0 Å². The van der Waals surface area contributed by atoms with Crippen LogP contribution in [-0.4, -0.2) is 17.0 Å². The molecule has 6 heteroatoms. The van der Waals surface area contributed by atoms with Crippen molar-refractivity contribution in [3.8, 4) is 5.75 Å². The predicted molar refractivity (Wildman–Crippen MR) is 113 cm³/mol. The lowest BCUT2D eigenvalue weighted by Crippen LogP contribution is -2.15. The fourth-order valence-electron chi connectivity index (χ4n) is 2.55. The number of para-hydroxylation sites is 2. The normalized spacial score (nSPS) is 10.6. The molecular formula is C22H22ClN3O2. The van der Waals surface area contributed by atoms with Crippen molar-refractivity contribution in [1.29, 1.82) is 0 Å². The summed E-state index contributed by atoms with van der Waals surface area (Å²) in [6, 6.07) is 18.5. The number of aromatic nitrogens is 1. The maximum absolute atomic E-state index is 12.5. The Labute approximate surface area is 169 Å². The second kappa shape index (κ2) is 9.24. The molecule has 28 heavy (non-hydrogen) atoms. The second-order valence-corrected chi connectivity index (χ2v) is 6.97. The second-order valence-electron chi connectivity index (χ2n) is 6.53. The van der Waals surface area contributed by atoms with Gasteiger partial charge in [-0.1, -0.05) is 35.9 Å². The number of carbonyl (C=O) groups excluding carboxylic acids is 1. The quantitative estimate of drug-likeness (QED) is 0.563. The van der Waals surface area contributed by atoms with E-state index in [-0.39, 0.29) is 12.0 Å². The Morgan fingerprint density at radius 2 is 1.82 bits per heavy atom. The Hall–Kier alpha value is -3.05. The van der Waals surface area contributed by atoms with E-state index in [1.165, 1.54) is 0 Å². The summed E-state index contributed by atoms with van der Waals surface area (Å²) in [6.07, 6.45) is 1.66. The van der Waals surface area contributed by atoms with Crippen molar-refractivity contribution in [2.45, 2.75) is 26.5 Å². The van der Waals surface area contributed by atoms with Crippen LogP contribution < -0.4 is 15.4 Å². The zero-order valence-corrected chi connectivity index (χ0v) is 16.5. The van der Waals surface area contributed by atoms with Gasteiger partial charge in [0.2, 0.25) is 0 Å². The molecule has 1 heterocycles. The van der Waals surface area contributed by atoms with Crippen molar-refractivity contribution in [1.82, 2.24) is 4.98 Å². The van der Waals surface area contributed by atoms with Gasteiger partial charge >= 0.3 is 0 Å². The Morgan fingerprint density at radius 3 is 2.50 bits per heavy atom. The standard InChI is InChI=1S/C22H22ClN3O2/c1-15(2)28-21-6-4-3-5-19(21)26-22(27)20-12-11-18(14-25-20)24-13-16-7-9-17(23)10-8-16/h3-12,14-15,24H,13H2,1-2H3,(H,26,27). The molecule has 0 aliphatic carbocycles. The van der Waals surface area contributed by atoms with E-state index < -0.39 is 0 Å². The minimum atomic E-state index is -0.288. The highest BCUT2D eigenvalue weighted by molar-refractivity contribution is 6.30. The number of anilines is 2. The van der Waals surface area contributed by atoms with Gasteiger partial charge < -0.3 is 15.4 Å². The largest absolute Gasteiger partial charge is 0.489 e. The maximum Gasteiger partial charge on any atom is 0.274 e. The fourth-order valence-corrected chi connectivity index (χ4v) is 2.68. The summed E-state index contributed by atoms with van der Waals surface area (Å²) in [6.45, 7) is 4.52. The van der Waals surface area contributed by atoms with Crippen LogP contribution in [0.15, 0.2) is 66.9 Å². The first-order chi connectivity index (χ1) is 13.5. The lowest BCUT2D eigenvalue weighted by Gasteiger charge is -2.14. The first kappa shape index (κ1) is 19.7. The number of hydrogen-bond acceptors (Lipinski definition) is 4. The van der Waals surface area contributed by atoms with E-state index in [4.69, 9.17) is 16.3 Å². The van der Waals surface area contributed by atoms with Crippen molar-refractivity contribution in [2.75, 3.05) is 10.6 Å². The molecule has 0 bridgehead atoms. The number of ether oxygens (including phenoxy) is 1. The molecule has 2 aromatic carbocycles. The van der Waals surface area contributed by atoms with Crippen LogP contribution in [0.4, 0.5) is 11.4 Å². The monoisotopic (exact) mass is 395 g/mol. The van der Waals surface area contributed by atoms with Gasteiger partial charge in [-0.25, -0.2) is 4.98 Å². The van der Waals surface area contributed by atoms with Crippen LogP contribution >= 0.6 is 11.6 Å². The zero-order chi connectivity index (χ0) is 19.9. The third-order valence-corrected chi connectivity index (χ3v) is 4.16. The number of halogens is 1. The van der Waals surface area contributed by atoms with E-state index in [0.29, 0.717) is 28.7 Å². The smallest absolute Gasteiger partial charge is 0.274 e. The third-order valence-electron chi connectivity index (χ3n) is 3.90. The summed E-state index contributed by atoms with van der Waals surface area (Å²) in [5.74, 6) is 0.344. The predicted octanol–water partition coefficient (Wildman–Crippen LogP) is 5.39. The summed E-state index contributed by atoms with van der Waals surface area (Å²) in [5, 5.41) is 6.83. The summed E-state index contributed by atoms with van der Waals surface area (Å²) in [5.41, 5.74) is 2.88. The number of carbonyl (C=O) groups is 1. The van der Waals surface area contributed by atoms with Crippen molar-refractivity contribution in [3.63, 3.8) is 0 Å². The molecule has 3 rings (SSSR count). The molecule has 2 N–H and O–H groups in total. The topological polar surface area (TPSA) is 63.2 Å². The molecule has 3 aromatic rings. The average molecular weight is 396 g/mol. The van der Waals surface area contributed by atoms with Crippen LogP contribution in [0.5, 0.6) is 5.75 Å². The van der Waals surface area contributed by atoms with Gasteiger partial charge in [0.1, 0.15) is 11.4 Å². The molecule has 0 unspecified atom stereocenters. The van der Waals surface area contributed by atoms with E-state index in [9.17, 15) is 4.79 Å². The van der Waals surface area contributed by atoms with Crippen LogP contribution in [-0.2, 0) is 6.54 Å². The van der Waals surface area contributed by atoms with Gasteiger partial charge in [0.15, 0.2) is 0 Å². The van der Waals surface area contributed by atoms with Gasteiger partial charge in [-0.15, -0.1) is 0 Å².